The SMILES string of the molecule is O=C(O)CCNC(=O)Nc1nc2c(s1)CCCCCC2. The van der Waals surface area contributed by atoms with Crippen molar-refractivity contribution in [3.8, 4) is 0 Å². The van der Waals surface area contributed by atoms with Gasteiger partial charge in [0.25, 0.3) is 0 Å². The van der Waals surface area contributed by atoms with Crippen LogP contribution in [0.15, 0.2) is 0 Å². The average molecular weight is 297 g/mol. The maximum atomic E-state index is 11.6. The Balaban J connectivity index is 1.87. The van der Waals surface area contributed by atoms with Crippen molar-refractivity contribution >= 4 is 28.5 Å². The Bertz CT molecular complexity index is 462. The Kier molecular flexibility index (Phi) is 5.34. The molecule has 0 aromatic carbocycles. The topological polar surface area (TPSA) is 91.3 Å². The summed E-state index contributed by atoms with van der Waals surface area (Å²) < 4.78 is 0. The monoisotopic (exact) mass is 297 g/mol. The molecule has 0 aliphatic heterocycles. The van der Waals surface area contributed by atoms with Gasteiger partial charge in [-0.3, -0.25) is 10.1 Å². The zero-order valence-corrected chi connectivity index (χ0v) is 12.1. The Morgan fingerprint density at radius 1 is 1.20 bits per heavy atom. The molecule has 0 spiro atoms. The van der Waals surface area contributed by atoms with Crippen LogP contribution in [-0.4, -0.2) is 28.6 Å². The minimum absolute atomic E-state index is 0.0816. The van der Waals surface area contributed by atoms with E-state index in [4.69, 9.17) is 5.11 Å². The molecule has 2 rings (SSSR count). The van der Waals surface area contributed by atoms with E-state index in [0.29, 0.717) is 5.13 Å². The van der Waals surface area contributed by atoms with Crippen LogP contribution in [0.5, 0.6) is 0 Å². The molecule has 0 atom stereocenters. The summed E-state index contributed by atoms with van der Waals surface area (Å²) in [6, 6.07) is -0.395. The van der Waals surface area contributed by atoms with E-state index < -0.39 is 12.0 Å². The van der Waals surface area contributed by atoms with Crippen molar-refractivity contribution < 1.29 is 14.7 Å². The molecule has 1 aromatic heterocycles. The molecule has 2 amide bonds. The van der Waals surface area contributed by atoms with E-state index >= 15 is 0 Å². The molecule has 0 saturated heterocycles. The summed E-state index contributed by atoms with van der Waals surface area (Å²) in [5.74, 6) is -0.928. The second kappa shape index (κ2) is 7.23. The Morgan fingerprint density at radius 3 is 2.70 bits per heavy atom. The standard InChI is InChI=1S/C13H19N3O3S/c17-11(18)7-8-14-12(19)16-13-15-9-5-3-1-2-4-6-10(9)20-13/h1-8H2,(H,17,18)(H2,14,15,16,19). The molecule has 0 unspecified atom stereocenters. The van der Waals surface area contributed by atoms with Gasteiger partial charge in [0.1, 0.15) is 0 Å². The minimum atomic E-state index is -0.928. The van der Waals surface area contributed by atoms with E-state index in [-0.39, 0.29) is 13.0 Å². The number of thiazole rings is 1. The lowest BCUT2D eigenvalue weighted by Gasteiger charge is -2.06. The zero-order chi connectivity index (χ0) is 14.4. The van der Waals surface area contributed by atoms with Crippen LogP contribution in [0.3, 0.4) is 0 Å². The molecule has 1 aliphatic rings. The van der Waals surface area contributed by atoms with Crippen LogP contribution in [0, 0.1) is 0 Å². The first kappa shape index (κ1) is 14.8. The van der Waals surface area contributed by atoms with Crippen LogP contribution in [-0.2, 0) is 17.6 Å². The third-order valence-electron chi connectivity index (χ3n) is 3.19. The molecule has 0 bridgehead atoms. The number of anilines is 1. The number of nitrogens with one attached hydrogen (secondary N) is 2. The first-order valence-electron chi connectivity index (χ1n) is 6.90. The molecule has 0 radical (unpaired) electrons. The molecule has 1 aliphatic carbocycles. The zero-order valence-electron chi connectivity index (χ0n) is 11.3. The molecule has 110 valence electrons. The lowest BCUT2D eigenvalue weighted by molar-refractivity contribution is -0.136. The van der Waals surface area contributed by atoms with Gasteiger partial charge in [-0.25, -0.2) is 9.78 Å². The van der Waals surface area contributed by atoms with Gasteiger partial charge >= 0.3 is 12.0 Å². The first-order chi connectivity index (χ1) is 9.65. The van der Waals surface area contributed by atoms with Crippen molar-refractivity contribution in [3.05, 3.63) is 10.6 Å². The van der Waals surface area contributed by atoms with Crippen LogP contribution in [0.1, 0.15) is 42.7 Å². The summed E-state index contributed by atoms with van der Waals surface area (Å²) in [5.41, 5.74) is 1.11. The Hall–Kier alpha value is -1.63. The van der Waals surface area contributed by atoms with E-state index in [2.05, 4.69) is 15.6 Å². The number of aliphatic carboxylic acids is 1. The molecule has 20 heavy (non-hydrogen) atoms. The number of hydrogen-bond donors (Lipinski definition) is 3. The normalized spacial score (nSPS) is 14.8. The molecular formula is C13H19N3O3S. The second-order valence-electron chi connectivity index (χ2n) is 4.83. The van der Waals surface area contributed by atoms with Crippen molar-refractivity contribution in [1.82, 2.24) is 10.3 Å². The fraction of sp³-hybridized carbons (Fsp3) is 0.615. The molecule has 1 aromatic rings. The van der Waals surface area contributed by atoms with E-state index in [1.807, 2.05) is 0 Å². The van der Waals surface area contributed by atoms with Gasteiger partial charge in [-0.15, -0.1) is 11.3 Å². The number of hydrogen-bond acceptors (Lipinski definition) is 4. The highest BCUT2D eigenvalue weighted by Crippen LogP contribution is 2.28. The highest BCUT2D eigenvalue weighted by atomic mass is 32.1. The first-order valence-corrected chi connectivity index (χ1v) is 7.72. The number of aromatic nitrogens is 1. The van der Waals surface area contributed by atoms with Gasteiger partial charge in [-0.1, -0.05) is 12.8 Å². The number of carbonyl (C=O) groups is 2. The Labute approximate surface area is 121 Å². The van der Waals surface area contributed by atoms with Crippen molar-refractivity contribution in [2.45, 2.75) is 44.9 Å². The number of amides is 2. The lowest BCUT2D eigenvalue weighted by atomic mass is 10.0. The van der Waals surface area contributed by atoms with Crippen molar-refractivity contribution in [3.63, 3.8) is 0 Å². The van der Waals surface area contributed by atoms with Gasteiger partial charge < -0.3 is 10.4 Å². The summed E-state index contributed by atoms with van der Waals surface area (Å²) in [5, 5.41) is 14.3. The minimum Gasteiger partial charge on any atom is -0.481 e. The predicted molar refractivity (Wildman–Crippen MR) is 77.3 cm³/mol. The quantitative estimate of drug-likeness (QED) is 0.795. The summed E-state index contributed by atoms with van der Waals surface area (Å²) in [6.07, 6.45) is 6.77. The number of rotatable bonds is 4. The maximum absolute atomic E-state index is 11.6. The van der Waals surface area contributed by atoms with Crippen LogP contribution < -0.4 is 10.6 Å². The van der Waals surface area contributed by atoms with Crippen LogP contribution in [0.25, 0.3) is 0 Å². The van der Waals surface area contributed by atoms with Gasteiger partial charge in [0, 0.05) is 11.4 Å². The number of aryl methyl sites for hydroxylation is 2. The molecule has 1 heterocycles. The summed E-state index contributed by atoms with van der Waals surface area (Å²) >= 11 is 1.53. The number of carboxylic acid groups (broad SMARTS) is 1. The predicted octanol–water partition coefficient (Wildman–Crippen LogP) is 2.40. The average Bonchev–Trinajstić information content (AvgIpc) is 2.70. The number of carboxylic acids is 1. The van der Waals surface area contributed by atoms with Gasteiger partial charge in [0.15, 0.2) is 5.13 Å². The molecule has 3 N–H and O–H groups in total. The van der Waals surface area contributed by atoms with E-state index in [1.54, 1.807) is 0 Å². The van der Waals surface area contributed by atoms with Crippen LogP contribution >= 0.6 is 11.3 Å². The van der Waals surface area contributed by atoms with E-state index in [1.165, 1.54) is 35.5 Å². The van der Waals surface area contributed by atoms with Gasteiger partial charge in [-0.2, -0.15) is 0 Å². The van der Waals surface area contributed by atoms with Crippen LogP contribution in [0.4, 0.5) is 9.93 Å². The fourth-order valence-electron chi connectivity index (χ4n) is 2.18. The molecule has 0 saturated carbocycles. The summed E-state index contributed by atoms with van der Waals surface area (Å²) in [4.78, 5) is 27.7. The van der Waals surface area contributed by atoms with E-state index in [9.17, 15) is 9.59 Å². The number of urea groups is 1. The second-order valence-corrected chi connectivity index (χ2v) is 5.91. The maximum Gasteiger partial charge on any atom is 0.321 e. The molecule has 6 nitrogen and oxygen atoms in total. The largest absolute Gasteiger partial charge is 0.481 e. The van der Waals surface area contributed by atoms with Crippen LogP contribution in [0.2, 0.25) is 0 Å². The van der Waals surface area contributed by atoms with Gasteiger partial charge in [0.2, 0.25) is 0 Å². The van der Waals surface area contributed by atoms with Crippen molar-refractivity contribution in [2.75, 3.05) is 11.9 Å². The summed E-state index contributed by atoms with van der Waals surface area (Å²) in [6.45, 7) is 0.117. The molecule has 0 fully saturated rings. The number of nitrogens with zero attached hydrogens (tertiary/aromatic N) is 1. The highest BCUT2D eigenvalue weighted by molar-refractivity contribution is 7.15. The Morgan fingerprint density at radius 2 is 1.95 bits per heavy atom. The third kappa shape index (κ3) is 4.48. The summed E-state index contributed by atoms with van der Waals surface area (Å²) in [7, 11) is 0. The molecular weight excluding hydrogens is 278 g/mol. The fourth-order valence-corrected chi connectivity index (χ4v) is 3.23. The number of carbonyl (C=O) groups excluding carboxylic acids is 1. The van der Waals surface area contributed by atoms with Crippen molar-refractivity contribution in [2.24, 2.45) is 0 Å². The van der Waals surface area contributed by atoms with Gasteiger partial charge in [0.05, 0.1) is 12.1 Å². The third-order valence-corrected chi connectivity index (χ3v) is 4.26. The smallest absolute Gasteiger partial charge is 0.321 e. The lowest BCUT2D eigenvalue weighted by Crippen LogP contribution is -2.30. The molecule has 7 heteroatoms. The van der Waals surface area contributed by atoms with Crippen molar-refractivity contribution in [1.29, 1.82) is 0 Å². The van der Waals surface area contributed by atoms with Gasteiger partial charge in [-0.05, 0) is 25.7 Å². The van der Waals surface area contributed by atoms with E-state index in [0.717, 1.165) is 25.0 Å². The number of fused-ring (bicyclic) bond motifs is 1. The highest BCUT2D eigenvalue weighted by Gasteiger charge is 2.14.